The maximum Gasteiger partial charge on any atom is 0.326 e. The van der Waals surface area contributed by atoms with Crippen molar-refractivity contribution in [2.75, 3.05) is 0 Å². The van der Waals surface area contributed by atoms with E-state index in [2.05, 4.69) is 9.97 Å². The van der Waals surface area contributed by atoms with Gasteiger partial charge in [0.05, 0.1) is 15.9 Å². The molecule has 0 spiro atoms. The molecule has 106 valence electrons. The summed E-state index contributed by atoms with van der Waals surface area (Å²) in [6.07, 6.45) is 0. The summed E-state index contributed by atoms with van der Waals surface area (Å²) in [5.41, 5.74) is -0.289. The summed E-state index contributed by atoms with van der Waals surface area (Å²) in [4.78, 5) is 27.5. The molecule has 0 amide bonds. The van der Waals surface area contributed by atoms with Crippen molar-refractivity contribution in [2.24, 2.45) is 0 Å². The summed E-state index contributed by atoms with van der Waals surface area (Å²) in [7, 11) is 0. The van der Waals surface area contributed by atoms with Gasteiger partial charge in [-0.1, -0.05) is 17.7 Å². The molecule has 0 atom stereocenters. The number of nitrogens with one attached hydrogen (secondary N) is 2. The van der Waals surface area contributed by atoms with Crippen LogP contribution >= 0.6 is 11.6 Å². The van der Waals surface area contributed by atoms with Crippen LogP contribution in [0.4, 0.5) is 4.39 Å². The van der Waals surface area contributed by atoms with Gasteiger partial charge in [-0.25, -0.2) is 9.18 Å². The molecule has 21 heavy (non-hydrogen) atoms. The standard InChI is InChI=1S/C14H8ClFN2O3/c15-9-4-7(10(16)5-12(9)19)6-1-2-11-8(3-6)13(20)18-14(21)17-11/h1-5,19H,(H2,17,18,20,21). The molecule has 0 unspecified atom stereocenters. The van der Waals surface area contributed by atoms with Crippen molar-refractivity contribution in [3.63, 3.8) is 0 Å². The number of phenolic OH excluding ortho intramolecular Hbond substituents is 1. The fourth-order valence-corrected chi connectivity index (χ4v) is 2.25. The van der Waals surface area contributed by atoms with Crippen molar-refractivity contribution in [1.82, 2.24) is 9.97 Å². The zero-order chi connectivity index (χ0) is 15.1. The molecule has 0 aliphatic rings. The molecule has 3 rings (SSSR count). The first-order valence-electron chi connectivity index (χ1n) is 5.90. The Labute approximate surface area is 121 Å². The Morgan fingerprint density at radius 1 is 1.10 bits per heavy atom. The van der Waals surface area contributed by atoms with E-state index in [-0.39, 0.29) is 21.7 Å². The third-order valence-corrected chi connectivity index (χ3v) is 3.39. The number of aromatic amines is 2. The van der Waals surface area contributed by atoms with Gasteiger partial charge in [0.25, 0.3) is 5.56 Å². The highest BCUT2D eigenvalue weighted by molar-refractivity contribution is 6.32. The summed E-state index contributed by atoms with van der Waals surface area (Å²) in [5, 5.41) is 9.57. The molecule has 3 aromatic rings. The lowest BCUT2D eigenvalue weighted by Gasteiger charge is -2.07. The van der Waals surface area contributed by atoms with Crippen molar-refractivity contribution in [1.29, 1.82) is 0 Å². The van der Waals surface area contributed by atoms with Gasteiger partial charge in [0, 0.05) is 11.6 Å². The molecule has 0 bridgehead atoms. The molecule has 0 saturated carbocycles. The van der Waals surface area contributed by atoms with Gasteiger partial charge in [0.2, 0.25) is 0 Å². The molecular weight excluding hydrogens is 299 g/mol. The number of hydrogen-bond acceptors (Lipinski definition) is 3. The Morgan fingerprint density at radius 2 is 1.86 bits per heavy atom. The van der Waals surface area contributed by atoms with Crippen molar-refractivity contribution in [2.45, 2.75) is 0 Å². The van der Waals surface area contributed by atoms with Crippen molar-refractivity contribution in [3.8, 4) is 16.9 Å². The molecular formula is C14H8ClFN2O3. The van der Waals surface area contributed by atoms with E-state index in [1.54, 1.807) is 6.07 Å². The van der Waals surface area contributed by atoms with Crippen LogP contribution in [0.3, 0.4) is 0 Å². The Bertz CT molecular complexity index is 978. The fraction of sp³-hybridized carbons (Fsp3) is 0. The van der Waals surface area contributed by atoms with Crippen molar-refractivity contribution in [3.05, 3.63) is 62.0 Å². The van der Waals surface area contributed by atoms with Crippen molar-refractivity contribution >= 4 is 22.5 Å². The molecule has 2 aromatic carbocycles. The van der Waals surface area contributed by atoms with Crippen LogP contribution in [0.1, 0.15) is 0 Å². The molecule has 0 aliphatic carbocycles. The van der Waals surface area contributed by atoms with Gasteiger partial charge < -0.3 is 10.1 Å². The third-order valence-electron chi connectivity index (χ3n) is 3.09. The van der Waals surface area contributed by atoms with Gasteiger partial charge in [-0.2, -0.15) is 0 Å². The predicted molar refractivity (Wildman–Crippen MR) is 77.3 cm³/mol. The minimum absolute atomic E-state index is 0.00174. The SMILES string of the molecule is O=c1[nH]c(=O)c2cc(-c3cc(Cl)c(O)cc3F)ccc2[nH]1. The van der Waals surface area contributed by atoms with Gasteiger partial charge in [-0.05, 0) is 23.8 Å². The van der Waals surface area contributed by atoms with E-state index in [9.17, 15) is 19.1 Å². The summed E-state index contributed by atoms with van der Waals surface area (Å²) in [6.45, 7) is 0. The molecule has 7 heteroatoms. The number of H-pyrrole nitrogens is 2. The van der Waals surface area contributed by atoms with Crippen LogP contribution in [0.25, 0.3) is 22.0 Å². The monoisotopic (exact) mass is 306 g/mol. The minimum atomic E-state index is -0.669. The van der Waals surface area contributed by atoms with E-state index in [0.717, 1.165) is 6.07 Å². The number of aromatic nitrogens is 2. The second kappa shape index (κ2) is 4.75. The Hall–Kier alpha value is -2.60. The molecule has 0 saturated heterocycles. The van der Waals surface area contributed by atoms with E-state index in [1.165, 1.54) is 18.2 Å². The van der Waals surface area contributed by atoms with Crippen LogP contribution in [0.5, 0.6) is 5.75 Å². The predicted octanol–water partition coefficient (Wildman–Crippen LogP) is 2.38. The quantitative estimate of drug-likeness (QED) is 0.645. The van der Waals surface area contributed by atoms with Crippen molar-refractivity contribution < 1.29 is 9.50 Å². The Morgan fingerprint density at radius 3 is 2.62 bits per heavy atom. The number of phenols is 1. The van der Waals surface area contributed by atoms with Gasteiger partial charge in [0.15, 0.2) is 0 Å². The van der Waals surface area contributed by atoms with E-state index >= 15 is 0 Å². The summed E-state index contributed by atoms with van der Waals surface area (Å²) in [5.74, 6) is -1.03. The summed E-state index contributed by atoms with van der Waals surface area (Å²) < 4.78 is 13.9. The zero-order valence-electron chi connectivity index (χ0n) is 10.4. The largest absolute Gasteiger partial charge is 0.506 e. The minimum Gasteiger partial charge on any atom is -0.506 e. The molecule has 0 fully saturated rings. The van der Waals surface area contributed by atoms with Crippen LogP contribution in [-0.2, 0) is 0 Å². The zero-order valence-corrected chi connectivity index (χ0v) is 11.2. The highest BCUT2D eigenvalue weighted by Gasteiger charge is 2.11. The average molecular weight is 307 g/mol. The molecule has 3 N–H and O–H groups in total. The van der Waals surface area contributed by atoms with E-state index in [1.807, 2.05) is 0 Å². The summed E-state index contributed by atoms with van der Waals surface area (Å²) in [6, 6.07) is 6.66. The van der Waals surface area contributed by atoms with E-state index in [0.29, 0.717) is 11.1 Å². The second-order valence-corrected chi connectivity index (χ2v) is 4.86. The average Bonchev–Trinajstić information content (AvgIpc) is 2.42. The molecule has 5 nitrogen and oxygen atoms in total. The first-order chi connectivity index (χ1) is 9.95. The number of hydrogen-bond donors (Lipinski definition) is 3. The lowest BCUT2D eigenvalue weighted by atomic mass is 10.0. The normalized spacial score (nSPS) is 11.0. The lowest BCUT2D eigenvalue weighted by Crippen LogP contribution is -2.21. The highest BCUT2D eigenvalue weighted by Crippen LogP contribution is 2.32. The van der Waals surface area contributed by atoms with Gasteiger partial charge in [0.1, 0.15) is 11.6 Å². The molecule has 1 heterocycles. The topological polar surface area (TPSA) is 85.9 Å². The number of aromatic hydroxyl groups is 1. The van der Waals surface area contributed by atoms with E-state index in [4.69, 9.17) is 11.6 Å². The fourth-order valence-electron chi connectivity index (χ4n) is 2.09. The second-order valence-electron chi connectivity index (χ2n) is 4.45. The van der Waals surface area contributed by atoms with Crippen LogP contribution in [0, 0.1) is 5.82 Å². The molecule has 0 radical (unpaired) electrons. The first kappa shape index (κ1) is 13.4. The lowest BCUT2D eigenvalue weighted by molar-refractivity contribution is 0.469. The maximum absolute atomic E-state index is 13.9. The maximum atomic E-state index is 13.9. The smallest absolute Gasteiger partial charge is 0.326 e. The first-order valence-corrected chi connectivity index (χ1v) is 6.28. The number of benzene rings is 2. The van der Waals surface area contributed by atoms with Crippen LogP contribution in [0.15, 0.2) is 39.9 Å². The summed E-state index contributed by atoms with van der Waals surface area (Å²) >= 11 is 5.77. The van der Waals surface area contributed by atoms with Gasteiger partial charge in [-0.3, -0.25) is 9.78 Å². The van der Waals surface area contributed by atoms with Crippen LogP contribution in [0.2, 0.25) is 5.02 Å². The number of rotatable bonds is 1. The highest BCUT2D eigenvalue weighted by atomic mass is 35.5. The van der Waals surface area contributed by atoms with E-state index < -0.39 is 17.1 Å². The van der Waals surface area contributed by atoms with Crippen LogP contribution in [-0.4, -0.2) is 15.1 Å². The Balaban J connectivity index is 2.29. The Kier molecular flexibility index (Phi) is 3.03. The van der Waals surface area contributed by atoms with Crippen LogP contribution < -0.4 is 11.2 Å². The van der Waals surface area contributed by atoms with Gasteiger partial charge >= 0.3 is 5.69 Å². The third kappa shape index (κ3) is 2.30. The number of halogens is 2. The molecule has 1 aromatic heterocycles. The molecule has 0 aliphatic heterocycles. The number of fused-ring (bicyclic) bond motifs is 1. The van der Waals surface area contributed by atoms with Gasteiger partial charge in [-0.15, -0.1) is 0 Å².